The van der Waals surface area contributed by atoms with E-state index in [1.54, 1.807) is 6.20 Å². The van der Waals surface area contributed by atoms with E-state index in [9.17, 15) is 0 Å². The highest BCUT2D eigenvalue weighted by Crippen LogP contribution is 2.34. The largest absolute Gasteiger partial charge is 0.264 e. The summed E-state index contributed by atoms with van der Waals surface area (Å²) in [7, 11) is 0. The summed E-state index contributed by atoms with van der Waals surface area (Å²) in [5.41, 5.74) is 0.929. The van der Waals surface area contributed by atoms with Crippen molar-refractivity contribution < 1.29 is 0 Å². The molecule has 0 amide bonds. The van der Waals surface area contributed by atoms with Crippen LogP contribution in [0.1, 0.15) is 44.8 Å². The minimum atomic E-state index is -0.0765. The topological polar surface area (TPSA) is 17.8 Å². The molecule has 0 saturated carbocycles. The first-order chi connectivity index (χ1) is 6.45. The molecule has 0 saturated heterocycles. The van der Waals surface area contributed by atoms with Crippen LogP contribution in [0.3, 0.4) is 0 Å². The zero-order chi connectivity index (χ0) is 10.9. The van der Waals surface area contributed by atoms with Crippen molar-refractivity contribution in [1.82, 2.24) is 9.78 Å². The maximum absolute atomic E-state index is 6.29. The molecule has 0 aliphatic heterocycles. The minimum absolute atomic E-state index is 0.0765. The van der Waals surface area contributed by atoms with Gasteiger partial charge in [-0.15, -0.1) is 11.6 Å². The lowest BCUT2D eigenvalue weighted by atomic mass is 10.1. The van der Waals surface area contributed by atoms with Gasteiger partial charge in [-0.3, -0.25) is 4.68 Å². The Morgan fingerprint density at radius 1 is 1.29 bits per heavy atom. The second-order valence-corrected chi connectivity index (χ2v) is 4.94. The van der Waals surface area contributed by atoms with E-state index < -0.39 is 0 Å². The summed E-state index contributed by atoms with van der Waals surface area (Å²) in [5.74, 6) is 0.350. The minimum Gasteiger partial charge on any atom is -0.264 e. The number of rotatable bonds is 3. The number of nitrogens with zero attached hydrogens (tertiary/aromatic N) is 2. The SMILES string of the molecule is CC(C)C(Cl)c1c(Cl)cnn1C(C)C. The summed E-state index contributed by atoms with van der Waals surface area (Å²) in [6, 6.07) is 0.289. The molecule has 0 aliphatic carbocycles. The van der Waals surface area contributed by atoms with Gasteiger partial charge >= 0.3 is 0 Å². The fourth-order valence-electron chi connectivity index (χ4n) is 1.34. The average molecular weight is 235 g/mol. The highest BCUT2D eigenvalue weighted by Gasteiger charge is 2.22. The molecule has 1 unspecified atom stereocenters. The molecule has 1 heterocycles. The average Bonchev–Trinajstić information content (AvgIpc) is 2.45. The quantitative estimate of drug-likeness (QED) is 0.722. The molecule has 0 radical (unpaired) electrons. The predicted molar refractivity (Wildman–Crippen MR) is 61.1 cm³/mol. The molecule has 80 valence electrons. The zero-order valence-corrected chi connectivity index (χ0v) is 10.5. The molecule has 14 heavy (non-hydrogen) atoms. The maximum Gasteiger partial charge on any atom is 0.0833 e. The Kier molecular flexibility index (Phi) is 3.85. The molecule has 1 rings (SSSR count). The van der Waals surface area contributed by atoms with Crippen molar-refractivity contribution in [3.8, 4) is 0 Å². The van der Waals surface area contributed by atoms with Crippen LogP contribution in [0.4, 0.5) is 0 Å². The standard InChI is InChI=1S/C10H16Cl2N2/c1-6(2)9(12)10-8(11)5-13-14(10)7(3)4/h5-7,9H,1-4H3. The van der Waals surface area contributed by atoms with Crippen LogP contribution in [-0.2, 0) is 0 Å². The predicted octanol–water partition coefficient (Wildman–Crippen LogP) is 4.05. The number of hydrogen-bond acceptors (Lipinski definition) is 1. The van der Waals surface area contributed by atoms with Crippen LogP contribution in [0.2, 0.25) is 5.02 Å². The third kappa shape index (κ3) is 2.23. The van der Waals surface area contributed by atoms with Gasteiger partial charge in [0.2, 0.25) is 0 Å². The number of hydrogen-bond donors (Lipinski definition) is 0. The van der Waals surface area contributed by atoms with E-state index in [0.717, 1.165) is 5.69 Å². The van der Waals surface area contributed by atoms with E-state index in [2.05, 4.69) is 32.8 Å². The van der Waals surface area contributed by atoms with E-state index in [4.69, 9.17) is 23.2 Å². The van der Waals surface area contributed by atoms with Gasteiger partial charge in [0, 0.05) is 6.04 Å². The van der Waals surface area contributed by atoms with Crippen LogP contribution in [0.25, 0.3) is 0 Å². The van der Waals surface area contributed by atoms with Gasteiger partial charge < -0.3 is 0 Å². The highest BCUT2D eigenvalue weighted by molar-refractivity contribution is 6.32. The van der Waals surface area contributed by atoms with Crippen LogP contribution in [0.5, 0.6) is 0 Å². The first-order valence-corrected chi connectivity index (χ1v) is 5.63. The highest BCUT2D eigenvalue weighted by atomic mass is 35.5. The van der Waals surface area contributed by atoms with Gasteiger partial charge in [-0.05, 0) is 19.8 Å². The Bertz CT molecular complexity index is 305. The molecule has 1 aromatic rings. The van der Waals surface area contributed by atoms with Gasteiger partial charge in [0.25, 0.3) is 0 Å². The van der Waals surface area contributed by atoms with E-state index in [1.165, 1.54) is 0 Å². The first-order valence-electron chi connectivity index (χ1n) is 4.82. The smallest absolute Gasteiger partial charge is 0.0833 e. The van der Waals surface area contributed by atoms with Crippen molar-refractivity contribution in [3.63, 3.8) is 0 Å². The van der Waals surface area contributed by atoms with Crippen molar-refractivity contribution in [2.75, 3.05) is 0 Å². The van der Waals surface area contributed by atoms with Crippen LogP contribution in [0, 0.1) is 5.92 Å². The van der Waals surface area contributed by atoms with Gasteiger partial charge in [0.1, 0.15) is 0 Å². The number of aromatic nitrogens is 2. The Morgan fingerprint density at radius 2 is 1.86 bits per heavy atom. The normalized spacial score (nSPS) is 14.0. The Labute approximate surface area is 95.2 Å². The molecule has 0 fully saturated rings. The van der Waals surface area contributed by atoms with Crippen LogP contribution in [0.15, 0.2) is 6.20 Å². The third-order valence-electron chi connectivity index (χ3n) is 2.12. The molecule has 0 N–H and O–H groups in total. The lowest BCUT2D eigenvalue weighted by molar-refractivity contribution is 0.482. The fraction of sp³-hybridized carbons (Fsp3) is 0.700. The van der Waals surface area contributed by atoms with Crippen LogP contribution < -0.4 is 0 Å². The molecular formula is C10H16Cl2N2. The summed E-state index contributed by atoms with van der Waals surface area (Å²) in [5, 5.41) is 4.80. The van der Waals surface area contributed by atoms with E-state index >= 15 is 0 Å². The summed E-state index contributed by atoms with van der Waals surface area (Å²) in [6.45, 7) is 8.28. The fourth-order valence-corrected chi connectivity index (χ4v) is 1.86. The second-order valence-electron chi connectivity index (χ2n) is 4.06. The molecule has 0 bridgehead atoms. The number of halogens is 2. The van der Waals surface area contributed by atoms with E-state index in [0.29, 0.717) is 10.9 Å². The van der Waals surface area contributed by atoms with Crippen molar-refractivity contribution in [1.29, 1.82) is 0 Å². The molecule has 0 aliphatic rings. The summed E-state index contributed by atoms with van der Waals surface area (Å²) in [6.07, 6.45) is 1.66. The Hall–Kier alpha value is -0.210. The lowest BCUT2D eigenvalue weighted by Gasteiger charge is -2.18. The maximum atomic E-state index is 6.29. The lowest BCUT2D eigenvalue weighted by Crippen LogP contribution is -2.12. The molecule has 0 aromatic carbocycles. The van der Waals surface area contributed by atoms with Crippen molar-refractivity contribution >= 4 is 23.2 Å². The zero-order valence-electron chi connectivity index (χ0n) is 8.96. The Morgan fingerprint density at radius 3 is 2.29 bits per heavy atom. The molecule has 2 nitrogen and oxygen atoms in total. The number of alkyl halides is 1. The first kappa shape index (κ1) is 11.9. The van der Waals surface area contributed by atoms with Gasteiger partial charge in [-0.2, -0.15) is 5.10 Å². The van der Waals surface area contributed by atoms with Crippen LogP contribution in [-0.4, -0.2) is 9.78 Å². The summed E-state index contributed by atoms with van der Waals surface area (Å²) in [4.78, 5) is 0. The molecule has 4 heteroatoms. The third-order valence-corrected chi connectivity index (χ3v) is 3.12. The van der Waals surface area contributed by atoms with Crippen LogP contribution >= 0.6 is 23.2 Å². The van der Waals surface area contributed by atoms with Gasteiger partial charge in [-0.25, -0.2) is 0 Å². The van der Waals surface area contributed by atoms with Crippen molar-refractivity contribution in [2.45, 2.75) is 39.1 Å². The van der Waals surface area contributed by atoms with Crippen molar-refractivity contribution in [3.05, 3.63) is 16.9 Å². The molecule has 0 spiro atoms. The molecule has 1 aromatic heterocycles. The summed E-state index contributed by atoms with van der Waals surface area (Å²) >= 11 is 12.4. The summed E-state index contributed by atoms with van der Waals surface area (Å²) < 4.78 is 1.89. The van der Waals surface area contributed by atoms with Gasteiger partial charge in [0.05, 0.1) is 22.3 Å². The van der Waals surface area contributed by atoms with Crippen molar-refractivity contribution in [2.24, 2.45) is 5.92 Å². The monoisotopic (exact) mass is 234 g/mol. The molecular weight excluding hydrogens is 219 g/mol. The molecule has 1 atom stereocenters. The van der Waals surface area contributed by atoms with Gasteiger partial charge in [-0.1, -0.05) is 25.4 Å². The van der Waals surface area contributed by atoms with E-state index in [1.807, 2.05) is 4.68 Å². The Balaban J connectivity index is 3.10. The van der Waals surface area contributed by atoms with E-state index in [-0.39, 0.29) is 11.4 Å². The second kappa shape index (κ2) is 4.54. The van der Waals surface area contributed by atoms with Gasteiger partial charge in [0.15, 0.2) is 0 Å².